The van der Waals surface area contributed by atoms with Gasteiger partial charge in [-0.3, -0.25) is 14.9 Å². The van der Waals surface area contributed by atoms with E-state index in [0.29, 0.717) is 0 Å². The fourth-order valence-electron chi connectivity index (χ4n) is 1.20. The van der Waals surface area contributed by atoms with Crippen LogP contribution in [-0.2, 0) is 0 Å². The number of hydrogen-bond donors (Lipinski definition) is 2. The zero-order valence-corrected chi connectivity index (χ0v) is 9.61. The van der Waals surface area contributed by atoms with Gasteiger partial charge in [-0.2, -0.15) is 13.2 Å². The van der Waals surface area contributed by atoms with Crippen molar-refractivity contribution >= 4 is 17.4 Å². The first kappa shape index (κ1) is 14.7. The molecule has 19 heavy (non-hydrogen) atoms. The normalized spacial score (nSPS) is 10.9. The largest absolute Gasteiger partial charge is 0.405 e. The van der Waals surface area contributed by atoms with Crippen molar-refractivity contribution in [2.24, 2.45) is 0 Å². The van der Waals surface area contributed by atoms with Gasteiger partial charge in [-0.15, -0.1) is 0 Å². The highest BCUT2D eigenvalue weighted by atomic mass is 19.4. The van der Waals surface area contributed by atoms with Gasteiger partial charge in [0.15, 0.2) is 0 Å². The highest BCUT2D eigenvalue weighted by molar-refractivity contribution is 5.99. The molecule has 2 N–H and O–H groups in total. The van der Waals surface area contributed by atoms with Crippen LogP contribution in [0.2, 0.25) is 0 Å². The summed E-state index contributed by atoms with van der Waals surface area (Å²) < 4.78 is 35.9. The molecule has 1 aromatic heterocycles. The van der Waals surface area contributed by atoms with Gasteiger partial charge in [0.1, 0.15) is 18.6 Å². The van der Waals surface area contributed by atoms with Crippen LogP contribution >= 0.6 is 0 Å². The summed E-state index contributed by atoms with van der Waals surface area (Å²) in [5.41, 5.74) is -0.822. The number of halogens is 3. The average Bonchev–Trinajstić information content (AvgIpc) is 2.34. The van der Waals surface area contributed by atoms with Crippen LogP contribution in [0.25, 0.3) is 0 Å². The predicted molar refractivity (Wildman–Crippen MR) is 58.8 cm³/mol. The first-order chi connectivity index (χ1) is 8.74. The fourth-order valence-corrected chi connectivity index (χ4v) is 1.20. The molecule has 0 aromatic carbocycles. The number of amides is 1. The van der Waals surface area contributed by atoms with E-state index in [1.165, 1.54) is 7.05 Å². The van der Waals surface area contributed by atoms with E-state index >= 15 is 0 Å². The second kappa shape index (κ2) is 5.50. The van der Waals surface area contributed by atoms with E-state index < -0.39 is 29.2 Å². The second-order valence-corrected chi connectivity index (χ2v) is 3.39. The number of rotatable bonds is 4. The molecule has 0 fully saturated rings. The molecule has 0 radical (unpaired) electrons. The highest BCUT2D eigenvalue weighted by Crippen LogP contribution is 2.19. The van der Waals surface area contributed by atoms with Gasteiger partial charge in [-0.25, -0.2) is 4.98 Å². The molecule has 0 aliphatic carbocycles. The molecule has 0 saturated heterocycles. The van der Waals surface area contributed by atoms with E-state index in [-0.39, 0.29) is 11.4 Å². The van der Waals surface area contributed by atoms with E-state index in [4.69, 9.17) is 0 Å². The molecule has 1 aromatic rings. The van der Waals surface area contributed by atoms with Crippen molar-refractivity contribution in [2.75, 3.05) is 18.9 Å². The van der Waals surface area contributed by atoms with Crippen molar-refractivity contribution in [3.8, 4) is 0 Å². The number of carbonyl (C=O) groups excluding carboxylic acids is 1. The summed E-state index contributed by atoms with van der Waals surface area (Å²) in [6.45, 7) is -1.53. The van der Waals surface area contributed by atoms with Gasteiger partial charge in [0.25, 0.3) is 11.6 Å². The summed E-state index contributed by atoms with van der Waals surface area (Å²) in [5.74, 6) is -1.15. The maximum atomic E-state index is 12.0. The van der Waals surface area contributed by atoms with E-state index in [1.807, 2.05) is 0 Å². The maximum absolute atomic E-state index is 12.0. The van der Waals surface area contributed by atoms with E-state index in [1.54, 1.807) is 5.32 Å². The molecular formula is C9H9F3N4O3. The molecule has 0 atom stereocenters. The summed E-state index contributed by atoms with van der Waals surface area (Å²) in [6.07, 6.45) is -3.67. The summed E-state index contributed by atoms with van der Waals surface area (Å²) in [7, 11) is 1.38. The Bertz CT molecular complexity index is 504. The van der Waals surface area contributed by atoms with Crippen molar-refractivity contribution < 1.29 is 22.9 Å². The zero-order chi connectivity index (χ0) is 14.6. The Balaban J connectivity index is 2.99. The third-order valence-corrected chi connectivity index (χ3v) is 2.01. The number of hydrogen-bond acceptors (Lipinski definition) is 5. The van der Waals surface area contributed by atoms with Crippen molar-refractivity contribution in [1.82, 2.24) is 10.3 Å². The number of alkyl halides is 3. The molecule has 1 amide bonds. The molecule has 0 spiro atoms. The quantitative estimate of drug-likeness (QED) is 0.639. The second-order valence-electron chi connectivity index (χ2n) is 3.39. The van der Waals surface area contributed by atoms with Crippen LogP contribution in [0.1, 0.15) is 10.4 Å². The molecule has 104 valence electrons. The standard InChI is InChI=1S/C9H9F3N4O3/c1-13-7-6(2-5(3-14-7)16(18)19)8(17)15-4-9(10,11)12/h2-3H,4H2,1H3,(H,13,14)(H,15,17). The first-order valence-electron chi connectivity index (χ1n) is 4.91. The van der Waals surface area contributed by atoms with E-state index in [2.05, 4.69) is 10.3 Å². The van der Waals surface area contributed by atoms with Gasteiger partial charge in [0.05, 0.1) is 10.5 Å². The lowest BCUT2D eigenvalue weighted by Crippen LogP contribution is -2.34. The third-order valence-electron chi connectivity index (χ3n) is 2.01. The Morgan fingerprint density at radius 2 is 2.16 bits per heavy atom. The van der Waals surface area contributed by atoms with Crippen molar-refractivity contribution in [1.29, 1.82) is 0 Å². The number of nitro groups is 1. The molecular weight excluding hydrogens is 269 g/mol. The Morgan fingerprint density at radius 1 is 1.53 bits per heavy atom. The smallest absolute Gasteiger partial charge is 0.372 e. The van der Waals surface area contributed by atoms with Gasteiger partial charge in [-0.1, -0.05) is 0 Å². The number of nitrogens with one attached hydrogen (secondary N) is 2. The highest BCUT2D eigenvalue weighted by Gasteiger charge is 2.28. The van der Waals surface area contributed by atoms with Gasteiger partial charge < -0.3 is 10.6 Å². The van der Waals surface area contributed by atoms with E-state index in [0.717, 1.165) is 12.3 Å². The maximum Gasteiger partial charge on any atom is 0.405 e. The summed E-state index contributed by atoms with van der Waals surface area (Å²) in [5, 5.41) is 14.6. The minimum Gasteiger partial charge on any atom is -0.372 e. The van der Waals surface area contributed by atoms with E-state index in [9.17, 15) is 28.1 Å². The van der Waals surface area contributed by atoms with Crippen LogP contribution in [0.4, 0.5) is 24.7 Å². The molecule has 0 unspecified atom stereocenters. The Morgan fingerprint density at radius 3 is 2.63 bits per heavy atom. The number of carbonyl (C=O) groups is 1. The lowest BCUT2D eigenvalue weighted by molar-refractivity contribution is -0.385. The number of pyridine rings is 1. The van der Waals surface area contributed by atoms with Gasteiger partial charge in [0.2, 0.25) is 0 Å². The summed E-state index contributed by atoms with van der Waals surface area (Å²) in [6, 6.07) is 0.852. The van der Waals surface area contributed by atoms with Crippen LogP contribution in [-0.4, -0.2) is 35.6 Å². The molecule has 0 aliphatic rings. The number of anilines is 1. The average molecular weight is 278 g/mol. The van der Waals surface area contributed by atoms with Gasteiger partial charge >= 0.3 is 6.18 Å². The zero-order valence-electron chi connectivity index (χ0n) is 9.61. The molecule has 10 heteroatoms. The first-order valence-corrected chi connectivity index (χ1v) is 4.91. The van der Waals surface area contributed by atoms with Gasteiger partial charge in [0, 0.05) is 13.1 Å². The minimum atomic E-state index is -4.57. The van der Waals surface area contributed by atoms with Crippen LogP contribution in [0.3, 0.4) is 0 Å². The minimum absolute atomic E-state index is 0.0507. The molecule has 0 aliphatic heterocycles. The SMILES string of the molecule is CNc1ncc([N+](=O)[O-])cc1C(=O)NCC(F)(F)F. The lowest BCUT2D eigenvalue weighted by Gasteiger charge is -2.10. The Kier molecular flexibility index (Phi) is 4.25. The van der Waals surface area contributed by atoms with Gasteiger partial charge in [-0.05, 0) is 0 Å². The summed E-state index contributed by atoms with van der Waals surface area (Å²) >= 11 is 0. The Labute approximate surface area is 105 Å². The van der Waals surface area contributed by atoms with Crippen LogP contribution in [0.5, 0.6) is 0 Å². The van der Waals surface area contributed by atoms with Crippen molar-refractivity contribution in [2.45, 2.75) is 6.18 Å². The molecule has 0 saturated carbocycles. The van der Waals surface area contributed by atoms with Crippen LogP contribution in [0, 0.1) is 10.1 Å². The summed E-state index contributed by atoms with van der Waals surface area (Å²) in [4.78, 5) is 24.8. The molecule has 7 nitrogen and oxygen atoms in total. The molecule has 1 rings (SSSR count). The topological polar surface area (TPSA) is 97.2 Å². The van der Waals surface area contributed by atoms with Crippen molar-refractivity contribution in [3.05, 3.63) is 27.9 Å². The van der Waals surface area contributed by atoms with Crippen LogP contribution in [0.15, 0.2) is 12.3 Å². The third kappa shape index (κ3) is 4.08. The molecule has 1 heterocycles. The predicted octanol–water partition coefficient (Wildman–Crippen LogP) is 1.32. The monoisotopic (exact) mass is 278 g/mol. The van der Waals surface area contributed by atoms with Crippen LogP contribution < -0.4 is 10.6 Å². The Hall–Kier alpha value is -2.39. The lowest BCUT2D eigenvalue weighted by atomic mass is 10.2. The van der Waals surface area contributed by atoms with Crippen molar-refractivity contribution in [3.63, 3.8) is 0 Å². The number of nitrogens with zero attached hydrogens (tertiary/aromatic N) is 2. The fraction of sp³-hybridized carbons (Fsp3) is 0.333. The molecule has 0 bridgehead atoms. The number of aromatic nitrogens is 1.